The van der Waals surface area contributed by atoms with Crippen LogP contribution in [0.1, 0.15) is 0 Å². The van der Waals surface area contributed by atoms with Crippen LogP contribution in [0.25, 0.3) is 20.2 Å². The number of carbonyl (C=O) groups excluding carboxylic acids is 1. The average Bonchev–Trinajstić information content (AvgIpc) is 2.71. The van der Waals surface area contributed by atoms with Crippen LogP contribution in [-0.4, -0.2) is 53.2 Å². The van der Waals surface area contributed by atoms with Crippen LogP contribution in [0.3, 0.4) is 0 Å². The van der Waals surface area contributed by atoms with Crippen LogP contribution < -0.4 is 15.5 Å². The van der Waals surface area contributed by atoms with Crippen molar-refractivity contribution in [2.45, 2.75) is 5.54 Å². The lowest BCUT2D eigenvalue weighted by atomic mass is 10.0. The van der Waals surface area contributed by atoms with Crippen LogP contribution in [0.15, 0.2) is 41.2 Å². The number of halogens is 1. The molecule has 2 aromatic carbocycles. The van der Waals surface area contributed by atoms with Crippen LogP contribution in [-0.2, 0) is 4.79 Å². The van der Waals surface area contributed by atoms with Crippen molar-refractivity contribution < 1.29 is 29.2 Å². The molecule has 148 valence electrons. The zero-order valence-corrected chi connectivity index (χ0v) is 15.5. The second kappa shape index (κ2) is 8.19. The van der Waals surface area contributed by atoms with Gasteiger partial charge in [-0.25, -0.2) is 4.39 Å². The molecular formula is C19H18FNO6S. The molecule has 3 rings (SSSR count). The van der Waals surface area contributed by atoms with E-state index in [4.69, 9.17) is 4.74 Å². The molecule has 0 fully saturated rings. The van der Waals surface area contributed by atoms with E-state index < -0.39 is 49.1 Å². The molecule has 0 atom stereocenters. The van der Waals surface area contributed by atoms with Gasteiger partial charge < -0.3 is 25.4 Å². The minimum Gasteiger partial charge on any atom is -0.482 e. The van der Waals surface area contributed by atoms with Crippen molar-refractivity contribution in [1.82, 2.24) is 5.32 Å². The number of amides is 1. The highest BCUT2D eigenvalue weighted by Gasteiger charge is 2.30. The van der Waals surface area contributed by atoms with Crippen LogP contribution >= 0.6 is 11.3 Å². The standard InChI is InChI=1S/C19H18FNO6S/c20-12-5-6-13(27-7-15(25)21-19(8-22,9-23)10-24)18-16(12)17(26)11-3-1-2-4-14(11)28-18/h1-6,22-24H,7-10H2,(H,21,25). The summed E-state index contributed by atoms with van der Waals surface area (Å²) in [5, 5.41) is 30.4. The van der Waals surface area contributed by atoms with Crippen molar-refractivity contribution in [2.75, 3.05) is 26.4 Å². The molecule has 0 saturated carbocycles. The summed E-state index contributed by atoms with van der Waals surface area (Å²) in [4.78, 5) is 24.7. The maximum absolute atomic E-state index is 14.3. The van der Waals surface area contributed by atoms with E-state index in [1.54, 1.807) is 24.3 Å². The molecule has 0 bridgehead atoms. The minimum atomic E-state index is -1.58. The van der Waals surface area contributed by atoms with Crippen LogP contribution in [0.4, 0.5) is 4.39 Å². The molecule has 28 heavy (non-hydrogen) atoms. The largest absolute Gasteiger partial charge is 0.482 e. The Morgan fingerprint density at radius 3 is 2.46 bits per heavy atom. The van der Waals surface area contributed by atoms with Crippen LogP contribution in [0.2, 0.25) is 0 Å². The first kappa shape index (κ1) is 20.2. The zero-order chi connectivity index (χ0) is 20.3. The maximum Gasteiger partial charge on any atom is 0.258 e. The fourth-order valence-corrected chi connectivity index (χ4v) is 3.85. The first-order chi connectivity index (χ1) is 13.4. The molecule has 4 N–H and O–H groups in total. The molecule has 0 radical (unpaired) electrons. The van der Waals surface area contributed by atoms with Gasteiger partial charge in [0.05, 0.1) is 29.9 Å². The predicted molar refractivity (Wildman–Crippen MR) is 103 cm³/mol. The Labute approximate surface area is 162 Å². The van der Waals surface area contributed by atoms with E-state index in [1.807, 2.05) is 0 Å². The molecule has 0 aliphatic carbocycles. The monoisotopic (exact) mass is 407 g/mol. The first-order valence-electron chi connectivity index (χ1n) is 8.35. The Kier molecular flexibility index (Phi) is 5.90. The van der Waals surface area contributed by atoms with E-state index in [1.165, 1.54) is 17.4 Å². The summed E-state index contributed by atoms with van der Waals surface area (Å²) in [6.45, 7) is -2.52. The van der Waals surface area contributed by atoms with Crippen LogP contribution in [0, 0.1) is 5.82 Å². The summed E-state index contributed by atoms with van der Waals surface area (Å²) >= 11 is 1.17. The van der Waals surface area contributed by atoms with Gasteiger partial charge in [-0.1, -0.05) is 12.1 Å². The van der Waals surface area contributed by atoms with Gasteiger partial charge in [0.15, 0.2) is 12.0 Å². The lowest BCUT2D eigenvalue weighted by Gasteiger charge is -2.28. The van der Waals surface area contributed by atoms with E-state index in [0.29, 0.717) is 10.1 Å². The van der Waals surface area contributed by atoms with Crippen molar-refractivity contribution in [3.05, 3.63) is 52.4 Å². The molecule has 7 nitrogen and oxygen atoms in total. The number of fused-ring (bicyclic) bond motifs is 2. The second-order valence-electron chi connectivity index (χ2n) is 6.27. The molecule has 0 aliphatic rings. The summed E-state index contributed by atoms with van der Waals surface area (Å²) in [7, 11) is 0. The number of aliphatic hydroxyl groups excluding tert-OH is 3. The zero-order valence-electron chi connectivity index (χ0n) is 14.6. The highest BCUT2D eigenvalue weighted by atomic mass is 32.1. The molecule has 0 spiro atoms. The highest BCUT2D eigenvalue weighted by molar-refractivity contribution is 7.24. The molecule has 0 saturated heterocycles. The fraction of sp³-hybridized carbons (Fsp3) is 0.263. The van der Waals surface area contributed by atoms with Crippen molar-refractivity contribution >= 4 is 37.4 Å². The van der Waals surface area contributed by atoms with Crippen LogP contribution in [0.5, 0.6) is 5.75 Å². The van der Waals surface area contributed by atoms with Gasteiger partial charge in [-0.05, 0) is 24.3 Å². The number of ether oxygens (including phenoxy) is 1. The number of carbonyl (C=O) groups is 1. The molecule has 1 heterocycles. The lowest BCUT2D eigenvalue weighted by molar-refractivity contribution is -0.127. The number of rotatable bonds is 7. The number of benzene rings is 2. The summed E-state index contributed by atoms with van der Waals surface area (Å²) in [6.07, 6.45) is 0. The molecule has 9 heteroatoms. The van der Waals surface area contributed by atoms with Crippen molar-refractivity contribution in [2.24, 2.45) is 0 Å². The second-order valence-corrected chi connectivity index (χ2v) is 7.32. The molecule has 1 aromatic heterocycles. The molecule has 0 aliphatic heterocycles. The smallest absolute Gasteiger partial charge is 0.258 e. The van der Waals surface area contributed by atoms with E-state index >= 15 is 0 Å². The first-order valence-corrected chi connectivity index (χ1v) is 9.17. The highest BCUT2D eigenvalue weighted by Crippen LogP contribution is 2.33. The van der Waals surface area contributed by atoms with Gasteiger partial charge in [0.25, 0.3) is 5.91 Å². The third-order valence-electron chi connectivity index (χ3n) is 4.31. The topological polar surface area (TPSA) is 116 Å². The summed E-state index contributed by atoms with van der Waals surface area (Å²) in [5.74, 6) is -1.23. The normalized spacial score (nSPS) is 11.7. The van der Waals surface area contributed by atoms with Gasteiger partial charge in [-0.15, -0.1) is 11.3 Å². The van der Waals surface area contributed by atoms with E-state index in [9.17, 15) is 29.3 Å². The summed E-state index contributed by atoms with van der Waals surface area (Å²) in [5.41, 5.74) is -2.04. The predicted octanol–water partition coefficient (Wildman–Crippen LogP) is 0.764. The van der Waals surface area contributed by atoms with E-state index in [2.05, 4.69) is 5.32 Å². The number of nitrogens with one attached hydrogen (secondary N) is 1. The quantitative estimate of drug-likeness (QED) is 0.430. The van der Waals surface area contributed by atoms with Crippen molar-refractivity contribution in [3.8, 4) is 5.75 Å². The molecule has 0 unspecified atom stereocenters. The fourth-order valence-electron chi connectivity index (χ4n) is 2.70. The summed E-state index contributed by atoms with van der Waals surface area (Å²) in [6, 6.07) is 9.23. The molecule has 3 aromatic rings. The van der Waals surface area contributed by atoms with Gasteiger partial charge >= 0.3 is 0 Å². The Morgan fingerprint density at radius 2 is 1.79 bits per heavy atom. The van der Waals surface area contributed by atoms with Gasteiger partial charge in [0.1, 0.15) is 17.1 Å². The number of aliphatic hydroxyl groups is 3. The Morgan fingerprint density at radius 1 is 1.11 bits per heavy atom. The Hall–Kier alpha value is -2.59. The Bertz CT molecular complexity index is 1070. The SMILES string of the molecule is O=C(COc1ccc(F)c2c(=O)c3ccccc3sc12)NC(CO)(CO)CO. The van der Waals surface area contributed by atoms with Gasteiger partial charge in [0, 0.05) is 10.1 Å². The minimum absolute atomic E-state index is 0.114. The maximum atomic E-state index is 14.3. The number of hydrogen-bond acceptors (Lipinski definition) is 7. The molecule has 1 amide bonds. The van der Waals surface area contributed by atoms with Crippen molar-refractivity contribution in [1.29, 1.82) is 0 Å². The Balaban J connectivity index is 1.93. The molecular weight excluding hydrogens is 389 g/mol. The van der Waals surface area contributed by atoms with Gasteiger partial charge in [-0.3, -0.25) is 9.59 Å². The van der Waals surface area contributed by atoms with Crippen molar-refractivity contribution in [3.63, 3.8) is 0 Å². The van der Waals surface area contributed by atoms with E-state index in [-0.39, 0.29) is 15.8 Å². The average molecular weight is 407 g/mol. The third kappa shape index (κ3) is 3.69. The van der Waals surface area contributed by atoms with E-state index in [0.717, 1.165) is 6.07 Å². The van der Waals surface area contributed by atoms with Gasteiger partial charge in [0.2, 0.25) is 0 Å². The summed E-state index contributed by atoms with van der Waals surface area (Å²) < 4.78 is 20.7. The third-order valence-corrected chi connectivity index (χ3v) is 5.50. The number of hydrogen-bond donors (Lipinski definition) is 4. The van der Waals surface area contributed by atoms with Gasteiger partial charge in [-0.2, -0.15) is 0 Å². The lowest BCUT2D eigenvalue weighted by Crippen LogP contribution is -2.58.